The van der Waals surface area contributed by atoms with E-state index in [1.54, 1.807) is 55.7 Å². The summed E-state index contributed by atoms with van der Waals surface area (Å²) in [5.74, 6) is 0.911. The van der Waals surface area contributed by atoms with Crippen LogP contribution in [0.2, 0.25) is 0 Å². The number of nitrogens with one attached hydrogen (secondary N) is 2. The number of rotatable bonds is 14. The number of methoxy groups -OCH3 is 1. The molecule has 2 aliphatic rings. The molecule has 0 aliphatic carbocycles. The molecule has 1 unspecified atom stereocenters. The fourth-order valence-electron chi connectivity index (χ4n) is 5.55. The number of nitrogen functional groups attached to an aromatic ring is 1. The Morgan fingerprint density at radius 1 is 1.07 bits per heavy atom. The highest BCUT2D eigenvalue weighted by Gasteiger charge is 2.31. The zero-order valence-electron chi connectivity index (χ0n) is 26.3. The molecule has 240 valence electrons. The van der Waals surface area contributed by atoms with Gasteiger partial charge in [-0.3, -0.25) is 24.8 Å². The van der Waals surface area contributed by atoms with E-state index < -0.39 is 0 Å². The van der Waals surface area contributed by atoms with E-state index >= 15 is 0 Å². The lowest BCUT2D eigenvalue weighted by molar-refractivity contribution is -0.121. The first-order valence-electron chi connectivity index (χ1n) is 15.6. The number of hydrogen-bond donors (Lipinski definition) is 3. The lowest BCUT2D eigenvalue weighted by atomic mass is 10.0. The molecular formula is C33H43N7O5. The number of ether oxygens (including phenoxy) is 2. The number of aryl methyl sites for hydroxylation is 1. The van der Waals surface area contributed by atoms with Gasteiger partial charge in [-0.15, -0.1) is 5.17 Å². The average molecular weight is 618 g/mol. The Bertz CT molecular complexity index is 1500. The summed E-state index contributed by atoms with van der Waals surface area (Å²) in [6.45, 7) is 4.39. The van der Waals surface area contributed by atoms with Crippen molar-refractivity contribution in [3.05, 3.63) is 59.9 Å². The van der Waals surface area contributed by atoms with Crippen LogP contribution in [0.5, 0.6) is 11.5 Å². The minimum atomic E-state index is -0.207. The van der Waals surface area contributed by atoms with Crippen molar-refractivity contribution >= 4 is 40.8 Å². The van der Waals surface area contributed by atoms with Gasteiger partial charge in [-0.1, -0.05) is 0 Å². The number of anilines is 3. The molecule has 2 aliphatic heterocycles. The molecule has 0 saturated carbocycles. The predicted molar refractivity (Wildman–Crippen MR) is 175 cm³/mol. The normalized spacial score (nSPS) is 15.8. The van der Waals surface area contributed by atoms with Crippen molar-refractivity contribution in [2.24, 2.45) is 4.99 Å². The second-order valence-corrected chi connectivity index (χ2v) is 11.2. The zero-order chi connectivity index (χ0) is 31.8. The number of benzene rings is 2. The molecule has 45 heavy (non-hydrogen) atoms. The van der Waals surface area contributed by atoms with Gasteiger partial charge in [0.15, 0.2) is 11.5 Å². The summed E-state index contributed by atoms with van der Waals surface area (Å²) in [7, 11) is 3.36. The van der Waals surface area contributed by atoms with Gasteiger partial charge < -0.3 is 30.0 Å². The lowest BCUT2D eigenvalue weighted by Gasteiger charge is -2.32. The van der Waals surface area contributed by atoms with Crippen LogP contribution in [0.4, 0.5) is 22.7 Å². The fraction of sp³-hybridized carbons (Fsp3) is 0.424. The van der Waals surface area contributed by atoms with Gasteiger partial charge in [0, 0.05) is 50.0 Å². The number of unbranched alkanes of at least 4 members (excludes halogenated alkanes) is 2. The highest BCUT2D eigenvalue weighted by molar-refractivity contribution is 6.04. The van der Waals surface area contributed by atoms with Gasteiger partial charge in [-0.05, 0) is 81.8 Å². The molecule has 1 atom stereocenters. The summed E-state index contributed by atoms with van der Waals surface area (Å²) in [6.07, 6.45) is 9.38. The lowest BCUT2D eigenvalue weighted by Crippen LogP contribution is -2.43. The summed E-state index contributed by atoms with van der Waals surface area (Å²) >= 11 is 0. The number of aromatic nitrogens is 1. The molecule has 5 rings (SSSR count). The van der Waals surface area contributed by atoms with Crippen molar-refractivity contribution in [2.75, 3.05) is 50.4 Å². The largest absolute Gasteiger partial charge is 0.493 e. The van der Waals surface area contributed by atoms with Gasteiger partial charge >= 0.3 is 0 Å². The third-order valence-electron chi connectivity index (χ3n) is 7.96. The number of fused-ring (bicyclic) bond motifs is 2. The van der Waals surface area contributed by atoms with Crippen LogP contribution in [0.3, 0.4) is 0 Å². The predicted octanol–water partition coefficient (Wildman–Crippen LogP) is 5.50. The number of nitrogens with zero attached hydrogens (tertiary/aromatic N) is 4. The SMILES string of the molecule is CCn1cc(NN(C)OCCCCCOc2cc3c(cc2OC)C(=O)N2CCCCC2C=N3)cc1C(=O)Nc1ccc(N)cc1. The Morgan fingerprint density at radius 3 is 2.64 bits per heavy atom. The van der Waals surface area contributed by atoms with E-state index in [0.717, 1.165) is 50.8 Å². The van der Waals surface area contributed by atoms with Crippen LogP contribution in [0.25, 0.3) is 0 Å². The third kappa shape index (κ3) is 7.95. The third-order valence-corrected chi connectivity index (χ3v) is 7.96. The first-order chi connectivity index (χ1) is 21.9. The minimum absolute atomic E-state index is 0.000238. The van der Waals surface area contributed by atoms with Crippen molar-refractivity contribution in [1.29, 1.82) is 0 Å². The number of aliphatic imine (C=N–C) groups is 1. The molecule has 3 aromatic rings. The molecule has 0 bridgehead atoms. The summed E-state index contributed by atoms with van der Waals surface area (Å²) in [5, 5.41) is 4.45. The summed E-state index contributed by atoms with van der Waals surface area (Å²) < 4.78 is 13.5. The number of carbonyl (C=O) groups is 2. The number of amides is 2. The van der Waals surface area contributed by atoms with Crippen LogP contribution in [0.1, 0.15) is 66.3 Å². The molecule has 1 aromatic heterocycles. The molecule has 12 heteroatoms. The number of hydroxylamine groups is 1. The maximum Gasteiger partial charge on any atom is 0.272 e. The van der Waals surface area contributed by atoms with Crippen LogP contribution in [0, 0.1) is 0 Å². The molecule has 3 heterocycles. The second-order valence-electron chi connectivity index (χ2n) is 11.2. The van der Waals surface area contributed by atoms with Gasteiger partial charge in [0.25, 0.3) is 11.8 Å². The highest BCUT2D eigenvalue weighted by Crippen LogP contribution is 2.38. The van der Waals surface area contributed by atoms with Crippen LogP contribution < -0.4 is 25.9 Å². The van der Waals surface area contributed by atoms with E-state index in [2.05, 4.69) is 15.7 Å². The first kappa shape index (κ1) is 31.9. The fourth-order valence-corrected chi connectivity index (χ4v) is 5.55. The van der Waals surface area contributed by atoms with Crippen LogP contribution >= 0.6 is 0 Å². The molecule has 2 amide bonds. The highest BCUT2D eigenvalue weighted by atomic mass is 16.7. The zero-order valence-corrected chi connectivity index (χ0v) is 26.3. The Balaban J connectivity index is 1.04. The standard InChI is InChI=1S/C33H43N7O5/c1-4-39-22-25(18-29(39)32(41)36-24-13-11-23(34)12-14-24)37-38(2)45-17-9-5-8-16-44-31-20-28-27(19-30(31)43-3)33(42)40-15-7-6-10-26(40)21-35-28/h11-14,18-22,26,37H,4-10,15-17,34H2,1-3H3,(H,36,41). The van der Waals surface area contributed by atoms with Crippen molar-refractivity contribution < 1.29 is 23.9 Å². The number of nitrogens with two attached hydrogens (primary N) is 1. The van der Waals surface area contributed by atoms with Crippen LogP contribution in [-0.4, -0.2) is 72.6 Å². The Morgan fingerprint density at radius 2 is 1.87 bits per heavy atom. The number of carbonyl (C=O) groups excluding carboxylic acids is 2. The van der Waals surface area contributed by atoms with Crippen molar-refractivity contribution in [2.45, 2.75) is 58.0 Å². The van der Waals surface area contributed by atoms with Crippen molar-refractivity contribution in [3.8, 4) is 11.5 Å². The molecule has 2 aromatic carbocycles. The number of hydrogen-bond acceptors (Lipinski definition) is 9. The van der Waals surface area contributed by atoms with E-state index in [1.165, 1.54) is 0 Å². The smallest absolute Gasteiger partial charge is 0.272 e. The quantitative estimate of drug-likeness (QED) is 0.123. The number of piperidine rings is 1. The molecular weight excluding hydrogens is 574 g/mol. The Hall–Kier alpha value is -4.55. The van der Waals surface area contributed by atoms with Gasteiger partial charge in [0.1, 0.15) is 5.69 Å². The maximum atomic E-state index is 13.2. The molecule has 0 spiro atoms. The minimum Gasteiger partial charge on any atom is -0.493 e. The average Bonchev–Trinajstić information content (AvgIpc) is 3.41. The molecule has 1 fully saturated rings. The van der Waals surface area contributed by atoms with Crippen molar-refractivity contribution in [3.63, 3.8) is 0 Å². The second kappa shape index (κ2) is 15.0. The summed E-state index contributed by atoms with van der Waals surface area (Å²) in [6, 6.07) is 12.4. The topological polar surface area (TPSA) is 136 Å². The Kier molecular flexibility index (Phi) is 10.6. The van der Waals surface area contributed by atoms with E-state index in [0.29, 0.717) is 59.6 Å². The van der Waals surface area contributed by atoms with Crippen LogP contribution in [0.15, 0.2) is 53.7 Å². The summed E-state index contributed by atoms with van der Waals surface area (Å²) in [4.78, 5) is 38.4. The molecule has 1 saturated heterocycles. The van der Waals surface area contributed by atoms with Gasteiger partial charge in [0.2, 0.25) is 0 Å². The maximum absolute atomic E-state index is 13.2. The van der Waals surface area contributed by atoms with Crippen molar-refractivity contribution in [1.82, 2.24) is 14.6 Å². The van der Waals surface area contributed by atoms with E-state index in [1.807, 2.05) is 34.9 Å². The van der Waals surface area contributed by atoms with Gasteiger partial charge in [-0.2, -0.15) is 0 Å². The molecule has 4 N–H and O–H groups in total. The Labute approximate surface area is 264 Å². The monoisotopic (exact) mass is 617 g/mol. The van der Waals surface area contributed by atoms with E-state index in [4.69, 9.17) is 20.0 Å². The number of hydrazine groups is 1. The first-order valence-corrected chi connectivity index (χ1v) is 15.6. The molecule has 0 radical (unpaired) electrons. The summed E-state index contributed by atoms with van der Waals surface area (Å²) in [5.41, 5.74) is 12.7. The van der Waals surface area contributed by atoms with Gasteiger partial charge in [0.05, 0.1) is 43.3 Å². The van der Waals surface area contributed by atoms with Gasteiger partial charge in [-0.25, -0.2) is 0 Å². The van der Waals surface area contributed by atoms with E-state index in [9.17, 15) is 9.59 Å². The van der Waals surface area contributed by atoms with E-state index in [-0.39, 0.29) is 17.9 Å². The van der Waals surface area contributed by atoms with Crippen LogP contribution in [-0.2, 0) is 11.4 Å². The molecule has 12 nitrogen and oxygen atoms in total.